The molecule has 0 radical (unpaired) electrons. The molecule has 1 N–H and O–H groups in total. The molecule has 106 valence electrons. The Labute approximate surface area is 134 Å². The van der Waals surface area contributed by atoms with E-state index in [0.717, 1.165) is 20.7 Å². The number of rotatable bonds is 4. The Hall–Kier alpha value is -1.92. The first kappa shape index (κ1) is 14.0. The number of thiophene rings is 1. The monoisotopic (exact) mass is 361 g/mol. The smallest absolute Gasteiger partial charge is 0.244 e. The minimum Gasteiger partial charge on any atom is -0.347 e. The molecule has 0 aliphatic heterocycles. The molecule has 0 aromatic carbocycles. The molecule has 0 unspecified atom stereocenters. The maximum atomic E-state index is 11.7. The zero-order chi connectivity index (χ0) is 14.7. The van der Waals surface area contributed by atoms with E-state index in [2.05, 4.69) is 26.2 Å². The van der Waals surface area contributed by atoms with Gasteiger partial charge in [-0.05, 0) is 45.6 Å². The minimum absolute atomic E-state index is 0.123. The standard InChI is InChI=1S/C15H12BrN3OS/c16-11-3-5-14-18-12(10-19(14)9-11)8-17-15(20)6-4-13-2-1-7-21-13/h1-7,9-10H,8H2,(H,17,20)/b6-4+. The number of pyridine rings is 1. The van der Waals surface area contributed by atoms with Crippen molar-refractivity contribution >= 4 is 44.9 Å². The highest BCUT2D eigenvalue weighted by atomic mass is 79.9. The van der Waals surface area contributed by atoms with Crippen LogP contribution in [0.5, 0.6) is 0 Å². The molecule has 6 heteroatoms. The molecule has 3 heterocycles. The molecular weight excluding hydrogens is 350 g/mol. The van der Waals surface area contributed by atoms with E-state index < -0.39 is 0 Å². The lowest BCUT2D eigenvalue weighted by Crippen LogP contribution is -2.20. The maximum absolute atomic E-state index is 11.7. The van der Waals surface area contributed by atoms with Crippen LogP contribution < -0.4 is 5.32 Å². The van der Waals surface area contributed by atoms with Gasteiger partial charge in [-0.3, -0.25) is 4.79 Å². The van der Waals surface area contributed by atoms with Crippen molar-refractivity contribution in [3.05, 3.63) is 63.2 Å². The number of imidazole rings is 1. The van der Waals surface area contributed by atoms with Crippen LogP contribution in [0.15, 0.2) is 52.6 Å². The zero-order valence-electron chi connectivity index (χ0n) is 11.0. The predicted molar refractivity (Wildman–Crippen MR) is 88.1 cm³/mol. The lowest BCUT2D eigenvalue weighted by Gasteiger charge is -1.97. The zero-order valence-corrected chi connectivity index (χ0v) is 13.4. The number of nitrogens with one attached hydrogen (secondary N) is 1. The number of hydrogen-bond donors (Lipinski definition) is 1. The van der Waals surface area contributed by atoms with Gasteiger partial charge in [0.15, 0.2) is 0 Å². The summed E-state index contributed by atoms with van der Waals surface area (Å²) in [5, 5.41) is 4.81. The summed E-state index contributed by atoms with van der Waals surface area (Å²) in [4.78, 5) is 17.2. The Morgan fingerprint density at radius 3 is 3.10 bits per heavy atom. The summed E-state index contributed by atoms with van der Waals surface area (Å²) < 4.78 is 2.91. The Morgan fingerprint density at radius 2 is 2.29 bits per heavy atom. The van der Waals surface area contributed by atoms with Crippen LogP contribution in [0.1, 0.15) is 10.6 Å². The number of halogens is 1. The van der Waals surface area contributed by atoms with Crippen LogP contribution in [0.25, 0.3) is 11.7 Å². The van der Waals surface area contributed by atoms with E-state index in [9.17, 15) is 4.79 Å². The van der Waals surface area contributed by atoms with Crippen molar-refractivity contribution in [1.82, 2.24) is 14.7 Å². The number of fused-ring (bicyclic) bond motifs is 1. The van der Waals surface area contributed by atoms with Crippen LogP contribution >= 0.6 is 27.3 Å². The van der Waals surface area contributed by atoms with E-state index in [-0.39, 0.29) is 5.91 Å². The van der Waals surface area contributed by atoms with E-state index in [4.69, 9.17) is 0 Å². The third-order valence-corrected chi connectivity index (χ3v) is 4.16. The SMILES string of the molecule is O=C(/C=C/c1cccs1)NCc1cn2cc(Br)ccc2n1. The quantitative estimate of drug-likeness (QED) is 0.723. The van der Waals surface area contributed by atoms with Crippen LogP contribution in [0.3, 0.4) is 0 Å². The lowest BCUT2D eigenvalue weighted by atomic mass is 10.4. The fraction of sp³-hybridized carbons (Fsp3) is 0.0667. The summed E-state index contributed by atoms with van der Waals surface area (Å²) in [5.74, 6) is -0.123. The maximum Gasteiger partial charge on any atom is 0.244 e. The van der Waals surface area contributed by atoms with E-state index >= 15 is 0 Å². The van der Waals surface area contributed by atoms with Crippen molar-refractivity contribution in [1.29, 1.82) is 0 Å². The van der Waals surface area contributed by atoms with Crippen LogP contribution in [-0.2, 0) is 11.3 Å². The average Bonchev–Trinajstić information content (AvgIpc) is 3.11. The van der Waals surface area contributed by atoms with Gasteiger partial charge in [0.1, 0.15) is 5.65 Å². The van der Waals surface area contributed by atoms with Crippen LogP contribution in [-0.4, -0.2) is 15.3 Å². The highest BCUT2D eigenvalue weighted by Crippen LogP contribution is 2.12. The molecule has 0 bridgehead atoms. The number of nitrogens with zero attached hydrogens (tertiary/aromatic N) is 2. The number of carbonyl (C=O) groups excluding carboxylic acids is 1. The summed E-state index contributed by atoms with van der Waals surface area (Å²) in [7, 11) is 0. The fourth-order valence-electron chi connectivity index (χ4n) is 1.88. The van der Waals surface area contributed by atoms with Crippen LogP contribution in [0.4, 0.5) is 0 Å². The third kappa shape index (κ3) is 3.59. The topological polar surface area (TPSA) is 46.4 Å². The van der Waals surface area contributed by atoms with E-state index in [1.165, 1.54) is 6.08 Å². The van der Waals surface area contributed by atoms with Crippen molar-refractivity contribution in [2.24, 2.45) is 0 Å². The van der Waals surface area contributed by atoms with E-state index in [0.29, 0.717) is 6.54 Å². The lowest BCUT2D eigenvalue weighted by molar-refractivity contribution is -0.116. The Morgan fingerprint density at radius 1 is 1.38 bits per heavy atom. The van der Waals surface area contributed by atoms with E-state index in [1.807, 2.05) is 46.4 Å². The van der Waals surface area contributed by atoms with Gasteiger partial charge < -0.3 is 9.72 Å². The number of amides is 1. The molecule has 21 heavy (non-hydrogen) atoms. The second kappa shape index (κ2) is 6.24. The van der Waals surface area contributed by atoms with Crippen molar-refractivity contribution < 1.29 is 4.79 Å². The molecule has 0 atom stereocenters. The molecule has 4 nitrogen and oxygen atoms in total. The van der Waals surface area contributed by atoms with Crippen molar-refractivity contribution in [2.45, 2.75) is 6.54 Å². The molecule has 0 saturated carbocycles. The van der Waals surface area contributed by atoms with Gasteiger partial charge in [0.05, 0.1) is 12.2 Å². The molecule has 3 rings (SSSR count). The number of hydrogen-bond acceptors (Lipinski definition) is 3. The molecule has 0 aliphatic carbocycles. The average molecular weight is 362 g/mol. The summed E-state index contributed by atoms with van der Waals surface area (Å²) >= 11 is 5.01. The van der Waals surface area contributed by atoms with Gasteiger partial charge >= 0.3 is 0 Å². The van der Waals surface area contributed by atoms with Gasteiger partial charge in [-0.15, -0.1) is 11.3 Å². The Kier molecular flexibility index (Phi) is 4.17. The fourth-order valence-corrected chi connectivity index (χ4v) is 2.85. The van der Waals surface area contributed by atoms with Gasteiger partial charge in [0.25, 0.3) is 0 Å². The van der Waals surface area contributed by atoms with Crippen molar-refractivity contribution in [2.75, 3.05) is 0 Å². The second-order valence-electron chi connectivity index (χ2n) is 4.41. The third-order valence-electron chi connectivity index (χ3n) is 2.85. The van der Waals surface area contributed by atoms with Gasteiger partial charge in [0.2, 0.25) is 5.91 Å². The molecule has 0 fully saturated rings. The van der Waals surface area contributed by atoms with Crippen molar-refractivity contribution in [3.63, 3.8) is 0 Å². The summed E-state index contributed by atoms with van der Waals surface area (Å²) in [6, 6.07) is 7.78. The highest BCUT2D eigenvalue weighted by Gasteiger charge is 2.03. The van der Waals surface area contributed by atoms with Gasteiger partial charge in [-0.2, -0.15) is 0 Å². The Balaban J connectivity index is 1.62. The molecule has 1 amide bonds. The van der Waals surface area contributed by atoms with Crippen molar-refractivity contribution in [3.8, 4) is 0 Å². The largest absolute Gasteiger partial charge is 0.347 e. The predicted octanol–water partition coefficient (Wildman–Crippen LogP) is 3.49. The first-order valence-corrected chi connectivity index (χ1v) is 8.00. The first-order valence-electron chi connectivity index (χ1n) is 6.33. The molecule has 0 saturated heterocycles. The molecule has 0 spiro atoms. The minimum atomic E-state index is -0.123. The summed E-state index contributed by atoms with van der Waals surface area (Å²) in [6.07, 6.45) is 7.19. The molecule has 3 aromatic rings. The Bertz CT molecular complexity index is 792. The normalized spacial score (nSPS) is 11.3. The molecule has 0 aliphatic rings. The summed E-state index contributed by atoms with van der Waals surface area (Å²) in [5.41, 5.74) is 1.68. The first-order chi connectivity index (χ1) is 10.2. The number of aromatic nitrogens is 2. The van der Waals surface area contributed by atoms with E-state index in [1.54, 1.807) is 17.4 Å². The van der Waals surface area contributed by atoms with Gasteiger partial charge in [0, 0.05) is 27.8 Å². The molecule has 3 aromatic heterocycles. The van der Waals surface area contributed by atoms with Crippen LogP contribution in [0.2, 0.25) is 0 Å². The second-order valence-corrected chi connectivity index (χ2v) is 6.31. The molecular formula is C15H12BrN3OS. The highest BCUT2D eigenvalue weighted by molar-refractivity contribution is 9.10. The number of carbonyl (C=O) groups is 1. The summed E-state index contributed by atoms with van der Waals surface area (Å²) in [6.45, 7) is 0.410. The van der Waals surface area contributed by atoms with Gasteiger partial charge in [-0.1, -0.05) is 6.07 Å². The van der Waals surface area contributed by atoms with Crippen LogP contribution in [0, 0.1) is 0 Å². The van der Waals surface area contributed by atoms with Gasteiger partial charge in [-0.25, -0.2) is 4.98 Å².